The van der Waals surface area contributed by atoms with Gasteiger partial charge in [0.2, 0.25) is 0 Å². The van der Waals surface area contributed by atoms with Crippen molar-refractivity contribution >= 4 is 23.4 Å². The van der Waals surface area contributed by atoms with Crippen LogP contribution in [0.3, 0.4) is 0 Å². The van der Waals surface area contributed by atoms with Crippen LogP contribution < -0.4 is 10.6 Å². The second-order valence-electron chi connectivity index (χ2n) is 4.95. The number of hydrogen-bond acceptors (Lipinski definition) is 5. The Labute approximate surface area is 127 Å². The van der Waals surface area contributed by atoms with Crippen molar-refractivity contribution < 1.29 is 0 Å². The lowest BCUT2D eigenvalue weighted by molar-refractivity contribution is 0.820. The first kappa shape index (κ1) is 17.1. The molecule has 0 amide bonds. The highest BCUT2D eigenvalue weighted by atomic mass is 32.2. The van der Waals surface area contributed by atoms with Crippen LogP contribution in [0.2, 0.25) is 0 Å². The molecule has 4 nitrogen and oxygen atoms in total. The molecule has 0 aromatic carbocycles. The summed E-state index contributed by atoms with van der Waals surface area (Å²) < 4.78 is 0. The van der Waals surface area contributed by atoms with Gasteiger partial charge in [0.1, 0.15) is 17.5 Å². The van der Waals surface area contributed by atoms with Crippen LogP contribution in [0.25, 0.3) is 0 Å². The van der Waals surface area contributed by atoms with Crippen LogP contribution in [0.4, 0.5) is 11.6 Å². The first-order valence-corrected chi connectivity index (χ1v) is 8.73. The Morgan fingerprint density at radius 3 is 2.45 bits per heavy atom. The first-order chi connectivity index (χ1) is 9.62. The van der Waals surface area contributed by atoms with Crippen LogP contribution in [0.1, 0.15) is 45.5 Å². The molecule has 0 saturated carbocycles. The van der Waals surface area contributed by atoms with Crippen LogP contribution in [-0.4, -0.2) is 34.1 Å². The van der Waals surface area contributed by atoms with E-state index in [4.69, 9.17) is 0 Å². The minimum Gasteiger partial charge on any atom is -0.370 e. The second kappa shape index (κ2) is 9.06. The van der Waals surface area contributed by atoms with E-state index in [2.05, 4.69) is 55.2 Å². The molecule has 0 radical (unpaired) electrons. The molecule has 5 heteroatoms. The van der Waals surface area contributed by atoms with E-state index in [9.17, 15) is 0 Å². The fourth-order valence-electron chi connectivity index (χ4n) is 1.95. The number of nitrogens with one attached hydrogen (secondary N) is 2. The number of aryl methyl sites for hydroxylation is 1. The maximum atomic E-state index is 4.68. The molecule has 0 aliphatic carbocycles. The molecule has 0 saturated heterocycles. The van der Waals surface area contributed by atoms with Crippen molar-refractivity contribution in [2.75, 3.05) is 28.7 Å². The molecule has 1 rings (SSSR count). The number of aromatic nitrogens is 2. The Morgan fingerprint density at radius 1 is 1.15 bits per heavy atom. The fraction of sp³-hybridized carbons (Fsp3) is 0.733. The predicted molar refractivity (Wildman–Crippen MR) is 91.0 cm³/mol. The Morgan fingerprint density at radius 2 is 1.85 bits per heavy atom. The molecule has 0 aliphatic rings. The van der Waals surface area contributed by atoms with E-state index in [-0.39, 0.29) is 0 Å². The number of anilines is 2. The Balaban J connectivity index is 2.91. The lowest BCUT2D eigenvalue weighted by Gasteiger charge is -2.18. The van der Waals surface area contributed by atoms with E-state index in [0.29, 0.717) is 6.04 Å². The van der Waals surface area contributed by atoms with Crippen molar-refractivity contribution in [3.8, 4) is 0 Å². The molecular formula is C15H28N4S. The molecule has 0 fully saturated rings. The summed E-state index contributed by atoms with van der Waals surface area (Å²) in [5.74, 6) is 5.11. The predicted octanol–water partition coefficient (Wildman–Crippen LogP) is 3.72. The third-order valence-corrected chi connectivity index (χ3v) is 4.11. The third kappa shape index (κ3) is 5.19. The summed E-state index contributed by atoms with van der Waals surface area (Å²) in [6, 6.07) is 0.414. The molecule has 1 heterocycles. The van der Waals surface area contributed by atoms with Crippen molar-refractivity contribution in [1.82, 2.24) is 9.97 Å². The van der Waals surface area contributed by atoms with E-state index in [1.165, 1.54) is 0 Å². The van der Waals surface area contributed by atoms with Gasteiger partial charge in [0.25, 0.3) is 0 Å². The van der Waals surface area contributed by atoms with Gasteiger partial charge in [0.15, 0.2) is 0 Å². The monoisotopic (exact) mass is 296 g/mol. The topological polar surface area (TPSA) is 49.8 Å². The smallest absolute Gasteiger partial charge is 0.135 e. The van der Waals surface area contributed by atoms with Crippen LogP contribution >= 0.6 is 11.8 Å². The molecule has 20 heavy (non-hydrogen) atoms. The van der Waals surface area contributed by atoms with Crippen molar-refractivity contribution in [3.05, 3.63) is 11.4 Å². The number of hydrogen-bond donors (Lipinski definition) is 2. The van der Waals surface area contributed by atoms with Gasteiger partial charge in [-0.25, -0.2) is 9.97 Å². The van der Waals surface area contributed by atoms with Gasteiger partial charge in [0, 0.05) is 30.3 Å². The van der Waals surface area contributed by atoms with E-state index in [0.717, 1.165) is 53.9 Å². The number of thioether (sulfide) groups is 1. The quantitative estimate of drug-likeness (QED) is 0.727. The third-order valence-electron chi connectivity index (χ3n) is 2.97. The van der Waals surface area contributed by atoms with Gasteiger partial charge in [-0.15, -0.1) is 0 Å². The standard InChI is InChI=1S/C15H28N4S/c1-6-9-13-18-14(16-7-2)12(5)15(19-13)17-11(4)10-20-8-3/h11H,6-10H2,1-5H3,(H2,16,17,18,19). The average molecular weight is 296 g/mol. The summed E-state index contributed by atoms with van der Waals surface area (Å²) in [5.41, 5.74) is 1.11. The van der Waals surface area contributed by atoms with Gasteiger partial charge < -0.3 is 10.6 Å². The van der Waals surface area contributed by atoms with Crippen molar-refractivity contribution in [2.45, 2.75) is 53.5 Å². The largest absolute Gasteiger partial charge is 0.370 e. The molecule has 114 valence electrons. The summed E-state index contributed by atoms with van der Waals surface area (Å²) >= 11 is 1.95. The SMILES string of the molecule is CCCc1nc(NCC)c(C)c(NC(C)CSCC)n1. The summed E-state index contributed by atoms with van der Waals surface area (Å²) in [6.07, 6.45) is 1.99. The van der Waals surface area contributed by atoms with Crippen molar-refractivity contribution in [1.29, 1.82) is 0 Å². The highest BCUT2D eigenvalue weighted by Gasteiger charge is 2.12. The van der Waals surface area contributed by atoms with Crippen LogP contribution in [-0.2, 0) is 6.42 Å². The molecule has 0 aliphatic heterocycles. The van der Waals surface area contributed by atoms with Crippen molar-refractivity contribution in [2.24, 2.45) is 0 Å². The Hall–Kier alpha value is -0.970. The summed E-state index contributed by atoms with van der Waals surface area (Å²) in [7, 11) is 0. The molecule has 1 atom stereocenters. The van der Waals surface area contributed by atoms with Crippen LogP contribution in [0, 0.1) is 6.92 Å². The summed E-state index contributed by atoms with van der Waals surface area (Å²) in [6.45, 7) is 11.6. The maximum absolute atomic E-state index is 4.68. The molecule has 1 aromatic heterocycles. The number of nitrogens with zero attached hydrogens (tertiary/aromatic N) is 2. The molecule has 1 aromatic rings. The molecule has 0 spiro atoms. The fourth-order valence-corrected chi connectivity index (χ4v) is 2.62. The Bertz CT molecular complexity index is 409. The van der Waals surface area contributed by atoms with Gasteiger partial charge in [-0.1, -0.05) is 13.8 Å². The lowest BCUT2D eigenvalue weighted by Crippen LogP contribution is -2.21. The minimum absolute atomic E-state index is 0.414. The van der Waals surface area contributed by atoms with Crippen molar-refractivity contribution in [3.63, 3.8) is 0 Å². The number of rotatable bonds is 9. The van der Waals surface area contributed by atoms with Gasteiger partial charge in [-0.2, -0.15) is 11.8 Å². The van der Waals surface area contributed by atoms with E-state index in [1.54, 1.807) is 0 Å². The van der Waals surface area contributed by atoms with Gasteiger partial charge >= 0.3 is 0 Å². The zero-order chi connectivity index (χ0) is 15.0. The molecule has 0 bridgehead atoms. The highest BCUT2D eigenvalue weighted by Crippen LogP contribution is 2.21. The summed E-state index contributed by atoms with van der Waals surface area (Å²) in [4.78, 5) is 9.30. The van der Waals surface area contributed by atoms with Gasteiger partial charge in [-0.3, -0.25) is 0 Å². The normalized spacial score (nSPS) is 12.2. The van der Waals surface area contributed by atoms with Crippen LogP contribution in [0.5, 0.6) is 0 Å². The zero-order valence-corrected chi connectivity index (χ0v) is 14.2. The zero-order valence-electron chi connectivity index (χ0n) is 13.4. The first-order valence-electron chi connectivity index (χ1n) is 7.57. The summed E-state index contributed by atoms with van der Waals surface area (Å²) in [5, 5.41) is 6.87. The highest BCUT2D eigenvalue weighted by molar-refractivity contribution is 7.99. The van der Waals surface area contributed by atoms with E-state index < -0.39 is 0 Å². The minimum atomic E-state index is 0.414. The second-order valence-corrected chi connectivity index (χ2v) is 6.27. The molecular weight excluding hydrogens is 268 g/mol. The molecule has 1 unspecified atom stereocenters. The van der Waals surface area contributed by atoms with Gasteiger partial charge in [0.05, 0.1) is 0 Å². The van der Waals surface area contributed by atoms with E-state index in [1.807, 2.05) is 11.8 Å². The van der Waals surface area contributed by atoms with Gasteiger partial charge in [-0.05, 0) is 32.9 Å². The Kier molecular flexibility index (Phi) is 7.73. The average Bonchev–Trinajstić information content (AvgIpc) is 2.42. The molecule has 2 N–H and O–H groups in total. The van der Waals surface area contributed by atoms with E-state index >= 15 is 0 Å². The van der Waals surface area contributed by atoms with Crippen LogP contribution in [0.15, 0.2) is 0 Å². The lowest BCUT2D eigenvalue weighted by atomic mass is 10.2. The maximum Gasteiger partial charge on any atom is 0.135 e.